The molecule has 1 aromatic heterocycles. The molecule has 26 heavy (non-hydrogen) atoms. The van der Waals surface area contributed by atoms with Crippen molar-refractivity contribution in [2.75, 3.05) is 0 Å². The minimum absolute atomic E-state index is 0.102. The highest BCUT2D eigenvalue weighted by Crippen LogP contribution is 2.24. The van der Waals surface area contributed by atoms with Gasteiger partial charge in [0.05, 0.1) is 11.6 Å². The first-order valence-corrected chi connectivity index (χ1v) is 8.97. The fourth-order valence-corrected chi connectivity index (χ4v) is 2.64. The van der Waals surface area contributed by atoms with Gasteiger partial charge < -0.3 is 14.6 Å². The highest BCUT2D eigenvalue weighted by Gasteiger charge is 2.17. The summed E-state index contributed by atoms with van der Waals surface area (Å²) in [5, 5.41) is 7.12. The molecule has 3 aromatic rings. The fraction of sp³-hybridized carbons (Fsp3) is 0.167. The van der Waals surface area contributed by atoms with E-state index in [9.17, 15) is 4.79 Å². The van der Waals surface area contributed by atoms with E-state index in [1.807, 2.05) is 24.3 Å². The van der Waals surface area contributed by atoms with Gasteiger partial charge in [-0.25, -0.2) is 0 Å². The molecule has 0 saturated carbocycles. The lowest BCUT2D eigenvalue weighted by Crippen LogP contribution is -2.35. The molecule has 6 nitrogen and oxygen atoms in total. The molecule has 0 aliphatic carbocycles. The zero-order valence-corrected chi connectivity index (χ0v) is 16.1. The Morgan fingerprint density at radius 2 is 2.00 bits per heavy atom. The van der Waals surface area contributed by atoms with Crippen LogP contribution in [0, 0.1) is 0 Å². The molecular formula is C18H15BrClN3O3. The van der Waals surface area contributed by atoms with Crippen molar-refractivity contribution in [2.24, 2.45) is 0 Å². The average molecular weight is 437 g/mol. The molecule has 0 fully saturated rings. The number of aromatic nitrogens is 2. The van der Waals surface area contributed by atoms with Gasteiger partial charge in [-0.3, -0.25) is 4.79 Å². The summed E-state index contributed by atoms with van der Waals surface area (Å²) in [6.07, 6.45) is -0.665. The van der Waals surface area contributed by atoms with Crippen LogP contribution in [0.5, 0.6) is 5.75 Å². The Hall–Kier alpha value is -2.38. The number of carbonyl (C=O) groups excluding carboxylic acids is 1. The molecule has 1 N–H and O–H groups in total. The highest BCUT2D eigenvalue weighted by atomic mass is 79.9. The Kier molecular flexibility index (Phi) is 5.90. The van der Waals surface area contributed by atoms with Gasteiger partial charge in [0, 0.05) is 10.0 Å². The first kappa shape index (κ1) is 18.4. The van der Waals surface area contributed by atoms with E-state index in [1.54, 1.807) is 31.2 Å². The summed E-state index contributed by atoms with van der Waals surface area (Å²) in [5.74, 6) is 0.975. The molecule has 1 atom stereocenters. The smallest absolute Gasteiger partial charge is 0.261 e. The summed E-state index contributed by atoms with van der Waals surface area (Å²) in [6, 6.07) is 14.4. The zero-order chi connectivity index (χ0) is 18.5. The highest BCUT2D eigenvalue weighted by molar-refractivity contribution is 9.10. The van der Waals surface area contributed by atoms with Gasteiger partial charge in [-0.15, -0.1) is 0 Å². The van der Waals surface area contributed by atoms with E-state index in [0.717, 1.165) is 4.47 Å². The summed E-state index contributed by atoms with van der Waals surface area (Å²) < 4.78 is 11.7. The van der Waals surface area contributed by atoms with Crippen LogP contribution >= 0.6 is 27.5 Å². The number of ether oxygens (including phenoxy) is 1. The monoisotopic (exact) mass is 435 g/mol. The van der Waals surface area contributed by atoms with Crippen molar-refractivity contribution in [2.45, 2.75) is 19.6 Å². The van der Waals surface area contributed by atoms with E-state index in [-0.39, 0.29) is 18.3 Å². The molecule has 0 saturated heterocycles. The molecule has 0 spiro atoms. The van der Waals surface area contributed by atoms with Crippen LogP contribution in [0.1, 0.15) is 12.8 Å². The van der Waals surface area contributed by atoms with E-state index < -0.39 is 6.10 Å². The fourth-order valence-electron chi connectivity index (χ4n) is 2.16. The van der Waals surface area contributed by atoms with Gasteiger partial charge >= 0.3 is 0 Å². The number of nitrogens with one attached hydrogen (secondary N) is 1. The summed E-state index contributed by atoms with van der Waals surface area (Å²) in [4.78, 5) is 16.4. The molecule has 8 heteroatoms. The molecule has 0 bridgehead atoms. The number of hydrogen-bond acceptors (Lipinski definition) is 5. The Morgan fingerprint density at radius 3 is 2.73 bits per heavy atom. The normalized spacial score (nSPS) is 11.8. The number of rotatable bonds is 6. The predicted octanol–water partition coefficient (Wildman–Crippen LogP) is 4.24. The minimum atomic E-state index is -0.665. The molecule has 3 rings (SSSR count). The minimum Gasteiger partial charge on any atom is -0.481 e. The molecule has 0 aliphatic rings. The molecule has 134 valence electrons. The third-order valence-electron chi connectivity index (χ3n) is 3.49. The van der Waals surface area contributed by atoms with E-state index in [0.29, 0.717) is 22.2 Å². The first-order chi connectivity index (χ1) is 12.5. The molecule has 1 heterocycles. The topological polar surface area (TPSA) is 77.2 Å². The maximum atomic E-state index is 12.2. The Balaban J connectivity index is 1.56. The number of hydrogen-bond donors (Lipinski definition) is 1. The largest absolute Gasteiger partial charge is 0.481 e. The van der Waals surface area contributed by atoms with Gasteiger partial charge in [-0.1, -0.05) is 44.8 Å². The van der Waals surface area contributed by atoms with Crippen LogP contribution in [0.2, 0.25) is 5.02 Å². The molecule has 1 amide bonds. The van der Waals surface area contributed by atoms with Crippen LogP contribution in [0.15, 0.2) is 57.5 Å². The van der Waals surface area contributed by atoms with Crippen molar-refractivity contribution in [1.82, 2.24) is 15.5 Å². The molecule has 2 aromatic carbocycles. The Labute approximate surface area is 163 Å². The number of carbonyl (C=O) groups is 1. The Morgan fingerprint density at radius 1 is 1.27 bits per heavy atom. The molecule has 0 radical (unpaired) electrons. The van der Waals surface area contributed by atoms with Crippen LogP contribution < -0.4 is 10.1 Å². The maximum absolute atomic E-state index is 12.2. The van der Waals surface area contributed by atoms with Crippen LogP contribution in [0.25, 0.3) is 11.4 Å². The molecular weight excluding hydrogens is 422 g/mol. The van der Waals surface area contributed by atoms with Gasteiger partial charge in [0.25, 0.3) is 5.91 Å². The molecule has 0 aliphatic heterocycles. The summed E-state index contributed by atoms with van der Waals surface area (Å²) in [7, 11) is 0. The van der Waals surface area contributed by atoms with Crippen molar-refractivity contribution in [3.8, 4) is 17.1 Å². The van der Waals surface area contributed by atoms with Gasteiger partial charge in [0.15, 0.2) is 6.10 Å². The van der Waals surface area contributed by atoms with Crippen LogP contribution in [-0.2, 0) is 11.3 Å². The third kappa shape index (κ3) is 4.62. The number of benzene rings is 2. The number of amides is 1. The van der Waals surface area contributed by atoms with Gasteiger partial charge in [-0.2, -0.15) is 4.98 Å². The van der Waals surface area contributed by atoms with Crippen molar-refractivity contribution < 1.29 is 14.1 Å². The number of halogens is 2. The van der Waals surface area contributed by atoms with Gasteiger partial charge in [-0.05, 0) is 43.3 Å². The second-order valence-corrected chi connectivity index (χ2v) is 6.75. The second kappa shape index (κ2) is 8.33. The molecule has 0 unspecified atom stereocenters. The average Bonchev–Trinajstić information content (AvgIpc) is 3.10. The third-order valence-corrected chi connectivity index (χ3v) is 4.35. The van der Waals surface area contributed by atoms with Crippen molar-refractivity contribution in [3.63, 3.8) is 0 Å². The van der Waals surface area contributed by atoms with E-state index in [2.05, 4.69) is 31.4 Å². The van der Waals surface area contributed by atoms with Crippen molar-refractivity contribution >= 4 is 33.4 Å². The van der Waals surface area contributed by atoms with E-state index >= 15 is 0 Å². The second-order valence-electron chi connectivity index (χ2n) is 5.42. The van der Waals surface area contributed by atoms with E-state index in [4.69, 9.17) is 20.9 Å². The maximum Gasteiger partial charge on any atom is 0.261 e. The Bertz CT molecular complexity index is 899. The van der Waals surface area contributed by atoms with Gasteiger partial charge in [0.1, 0.15) is 5.75 Å². The quantitative estimate of drug-likeness (QED) is 0.625. The first-order valence-electron chi connectivity index (χ1n) is 7.80. The van der Waals surface area contributed by atoms with Crippen LogP contribution in [0.3, 0.4) is 0 Å². The predicted molar refractivity (Wildman–Crippen MR) is 101 cm³/mol. The lowest BCUT2D eigenvalue weighted by Gasteiger charge is -2.13. The lowest BCUT2D eigenvalue weighted by molar-refractivity contribution is -0.127. The van der Waals surface area contributed by atoms with Crippen LogP contribution in [0.4, 0.5) is 0 Å². The summed E-state index contributed by atoms with van der Waals surface area (Å²) in [5.41, 5.74) is 0.669. The lowest BCUT2D eigenvalue weighted by atomic mass is 10.2. The summed E-state index contributed by atoms with van der Waals surface area (Å²) in [6.45, 7) is 1.77. The van der Waals surface area contributed by atoms with Crippen molar-refractivity contribution in [3.05, 3.63) is 63.9 Å². The zero-order valence-electron chi connectivity index (χ0n) is 13.8. The van der Waals surface area contributed by atoms with Crippen molar-refractivity contribution in [1.29, 1.82) is 0 Å². The standard InChI is InChI=1S/C18H15BrClN3O3/c1-11(25-13-8-6-12(19)7-9-13)18(24)21-10-16-22-17(23-26-16)14-4-2-3-5-15(14)20/h2-9,11H,10H2,1H3,(H,21,24)/t11-/m1/s1. The SMILES string of the molecule is C[C@@H](Oc1ccc(Br)cc1)C(=O)NCc1nc(-c2ccccc2Cl)no1. The van der Waals surface area contributed by atoms with Crippen LogP contribution in [-0.4, -0.2) is 22.2 Å². The van der Waals surface area contributed by atoms with Gasteiger partial charge in [0.2, 0.25) is 11.7 Å². The van der Waals surface area contributed by atoms with E-state index in [1.165, 1.54) is 0 Å². The number of nitrogens with zero attached hydrogens (tertiary/aromatic N) is 2. The summed E-state index contributed by atoms with van der Waals surface area (Å²) >= 11 is 9.46.